The van der Waals surface area contributed by atoms with Crippen molar-refractivity contribution in [3.05, 3.63) is 180 Å². The maximum atomic E-state index is 14.9. The lowest BCUT2D eigenvalue weighted by Crippen LogP contribution is -2.31. The summed E-state index contributed by atoms with van der Waals surface area (Å²) < 4.78 is 2.16. The molecule has 0 bridgehead atoms. The largest absolute Gasteiger partial charge is 0.308 e. The number of rotatable bonds is 7. The van der Waals surface area contributed by atoms with Crippen molar-refractivity contribution < 1.29 is 9.59 Å². The van der Waals surface area contributed by atoms with E-state index in [4.69, 9.17) is 0 Å². The number of imide groups is 1. The zero-order chi connectivity index (χ0) is 35.1. The van der Waals surface area contributed by atoms with Crippen LogP contribution in [0.3, 0.4) is 0 Å². The number of aryl methyl sites for hydroxylation is 3. The van der Waals surface area contributed by atoms with Crippen LogP contribution in [0, 0.1) is 20.8 Å². The van der Waals surface area contributed by atoms with Crippen molar-refractivity contribution >= 4 is 39.8 Å². The molecule has 8 aromatic rings. The number of carbonyl (C=O) groups excluding carboxylic acids is 2. The number of fused-ring (bicyclic) bond motifs is 3. The predicted molar refractivity (Wildman–Crippen MR) is 211 cm³/mol. The average molecular weight is 661 g/mol. The van der Waals surface area contributed by atoms with E-state index in [0.29, 0.717) is 17.7 Å². The lowest BCUT2D eigenvalue weighted by molar-refractivity contribution is -0.106. The quantitative estimate of drug-likeness (QED) is 0.160. The summed E-state index contributed by atoms with van der Waals surface area (Å²) in [4.78, 5) is 29.2. The molecule has 246 valence electrons. The second-order valence-electron chi connectivity index (χ2n) is 13.2. The van der Waals surface area contributed by atoms with Crippen LogP contribution in [-0.2, 0) is 4.79 Å². The number of hydrogen-bond donors (Lipinski definition) is 0. The Morgan fingerprint density at radius 1 is 0.510 bits per heavy atom. The lowest BCUT2D eigenvalue weighted by atomic mass is 9.97. The third-order valence-electron chi connectivity index (χ3n) is 9.67. The fourth-order valence-electron chi connectivity index (χ4n) is 7.36. The van der Waals surface area contributed by atoms with Gasteiger partial charge in [0.25, 0.3) is 5.91 Å². The number of para-hydroxylation sites is 1. The highest BCUT2D eigenvalue weighted by Crippen LogP contribution is 2.38. The van der Waals surface area contributed by atoms with Gasteiger partial charge in [0.2, 0.25) is 6.41 Å². The number of benzene rings is 7. The van der Waals surface area contributed by atoms with Crippen LogP contribution in [0.4, 0.5) is 5.69 Å². The van der Waals surface area contributed by atoms with E-state index in [1.807, 2.05) is 104 Å². The molecule has 1 aromatic heterocycles. The van der Waals surface area contributed by atoms with Crippen LogP contribution in [0.1, 0.15) is 27.0 Å². The molecule has 7 aromatic carbocycles. The van der Waals surface area contributed by atoms with Crippen LogP contribution in [0.2, 0.25) is 0 Å². The molecular formula is C47H36N2O2. The molecule has 0 radical (unpaired) electrons. The Hall–Kier alpha value is -6.52. The number of aromatic nitrogens is 1. The fourth-order valence-corrected chi connectivity index (χ4v) is 7.36. The van der Waals surface area contributed by atoms with Crippen molar-refractivity contribution in [1.82, 2.24) is 4.57 Å². The molecule has 1 heterocycles. The van der Waals surface area contributed by atoms with Gasteiger partial charge in [-0.2, -0.15) is 0 Å². The number of hydrogen-bond acceptors (Lipinski definition) is 2. The van der Waals surface area contributed by atoms with Crippen LogP contribution < -0.4 is 4.90 Å². The molecule has 0 aliphatic carbocycles. The Bertz CT molecular complexity index is 2520. The summed E-state index contributed by atoms with van der Waals surface area (Å²) in [6.45, 7) is 6.18. The maximum Gasteiger partial charge on any atom is 0.267 e. The van der Waals surface area contributed by atoms with Gasteiger partial charge >= 0.3 is 0 Å². The van der Waals surface area contributed by atoms with Gasteiger partial charge in [-0.3, -0.25) is 9.59 Å². The second kappa shape index (κ2) is 13.1. The smallest absolute Gasteiger partial charge is 0.267 e. The van der Waals surface area contributed by atoms with E-state index >= 15 is 0 Å². The van der Waals surface area contributed by atoms with Gasteiger partial charge < -0.3 is 4.57 Å². The zero-order valence-corrected chi connectivity index (χ0v) is 28.8. The van der Waals surface area contributed by atoms with Crippen LogP contribution in [0.5, 0.6) is 0 Å². The van der Waals surface area contributed by atoms with E-state index < -0.39 is 0 Å². The molecule has 0 spiro atoms. The molecule has 0 unspecified atom stereocenters. The fraction of sp³-hybridized carbons (Fsp3) is 0.0638. The van der Waals surface area contributed by atoms with E-state index in [9.17, 15) is 9.59 Å². The molecule has 0 fully saturated rings. The second-order valence-corrected chi connectivity index (χ2v) is 13.2. The number of nitrogens with zero attached hydrogens (tertiary/aromatic N) is 2. The van der Waals surface area contributed by atoms with Gasteiger partial charge in [0.05, 0.1) is 28.0 Å². The normalized spacial score (nSPS) is 11.2. The third-order valence-corrected chi connectivity index (χ3v) is 9.67. The average Bonchev–Trinajstić information content (AvgIpc) is 3.49. The monoisotopic (exact) mass is 660 g/mol. The van der Waals surface area contributed by atoms with Gasteiger partial charge in [-0.1, -0.05) is 126 Å². The summed E-state index contributed by atoms with van der Waals surface area (Å²) in [6, 6.07) is 53.3. The maximum absolute atomic E-state index is 14.9. The van der Waals surface area contributed by atoms with Gasteiger partial charge in [0.1, 0.15) is 0 Å². The van der Waals surface area contributed by atoms with E-state index in [-0.39, 0.29) is 5.91 Å². The van der Waals surface area contributed by atoms with Crippen molar-refractivity contribution in [2.75, 3.05) is 4.90 Å². The van der Waals surface area contributed by atoms with Gasteiger partial charge in [-0.15, -0.1) is 0 Å². The topological polar surface area (TPSA) is 42.3 Å². The molecule has 0 atom stereocenters. The first-order chi connectivity index (χ1) is 24.9. The standard InChI is InChI=1S/C47H36N2O2/c1-31-23-32(2)25-37(24-31)36-21-22-44-42(29-36)41-18-10-11-19-43(41)49(44)45-20-12-13-33(3)46(45)47(51)48(30-50)40-27-38(34-14-6-4-7-15-34)26-39(28-40)35-16-8-5-9-17-35/h4-30H,1-3H3. The molecule has 0 saturated heterocycles. The highest BCUT2D eigenvalue weighted by Gasteiger charge is 2.26. The van der Waals surface area contributed by atoms with Gasteiger partial charge in [-0.25, -0.2) is 4.90 Å². The summed E-state index contributed by atoms with van der Waals surface area (Å²) in [5, 5.41) is 2.19. The molecule has 0 saturated carbocycles. The molecule has 2 amide bonds. The van der Waals surface area contributed by atoms with Gasteiger partial charge in [0.15, 0.2) is 0 Å². The van der Waals surface area contributed by atoms with Gasteiger partial charge in [0, 0.05) is 10.8 Å². The highest BCUT2D eigenvalue weighted by molar-refractivity contribution is 6.19. The Kier molecular flexibility index (Phi) is 8.13. The molecule has 51 heavy (non-hydrogen) atoms. The molecule has 0 aliphatic heterocycles. The number of carbonyl (C=O) groups is 2. The summed E-state index contributed by atoms with van der Waals surface area (Å²) in [5.41, 5.74) is 13.0. The summed E-state index contributed by atoms with van der Waals surface area (Å²) in [7, 11) is 0. The predicted octanol–water partition coefficient (Wildman–Crippen LogP) is 11.5. The molecule has 4 heteroatoms. The minimum atomic E-state index is -0.389. The lowest BCUT2D eigenvalue weighted by Gasteiger charge is -2.22. The minimum Gasteiger partial charge on any atom is -0.308 e. The molecule has 0 N–H and O–H groups in total. The minimum absolute atomic E-state index is 0.389. The Labute approximate surface area is 297 Å². The van der Waals surface area contributed by atoms with E-state index in [1.165, 1.54) is 21.6 Å². The van der Waals surface area contributed by atoms with Crippen LogP contribution >= 0.6 is 0 Å². The SMILES string of the molecule is Cc1cc(C)cc(-c2ccc3c(c2)c2ccccc2n3-c2cccc(C)c2C(=O)N(C=O)c2cc(-c3ccccc3)cc(-c3ccccc3)c2)c1. The van der Waals surface area contributed by atoms with E-state index in [2.05, 4.69) is 79.1 Å². The summed E-state index contributed by atoms with van der Waals surface area (Å²) in [5.74, 6) is -0.389. The van der Waals surface area contributed by atoms with E-state index in [1.54, 1.807) is 0 Å². The Morgan fingerprint density at radius 2 is 1.10 bits per heavy atom. The number of anilines is 1. The van der Waals surface area contributed by atoms with Crippen LogP contribution in [0.25, 0.3) is 60.9 Å². The first-order valence-electron chi connectivity index (χ1n) is 17.2. The summed E-state index contributed by atoms with van der Waals surface area (Å²) in [6.07, 6.45) is 0.638. The van der Waals surface area contributed by atoms with E-state index in [0.717, 1.165) is 60.9 Å². The molecule has 8 rings (SSSR count). The Morgan fingerprint density at radius 3 is 1.75 bits per heavy atom. The van der Waals surface area contributed by atoms with Crippen molar-refractivity contribution in [2.24, 2.45) is 0 Å². The van der Waals surface area contributed by atoms with Crippen molar-refractivity contribution in [3.63, 3.8) is 0 Å². The number of amides is 2. The summed E-state index contributed by atoms with van der Waals surface area (Å²) >= 11 is 0. The first kappa shape index (κ1) is 31.7. The van der Waals surface area contributed by atoms with Crippen molar-refractivity contribution in [3.8, 4) is 39.1 Å². The Balaban J connectivity index is 1.30. The molecular weight excluding hydrogens is 625 g/mol. The first-order valence-corrected chi connectivity index (χ1v) is 17.2. The zero-order valence-electron chi connectivity index (χ0n) is 28.8. The van der Waals surface area contributed by atoms with Crippen molar-refractivity contribution in [2.45, 2.75) is 20.8 Å². The molecule has 0 aliphatic rings. The third kappa shape index (κ3) is 5.81. The highest BCUT2D eigenvalue weighted by atomic mass is 16.2. The van der Waals surface area contributed by atoms with Crippen LogP contribution in [0.15, 0.2) is 158 Å². The van der Waals surface area contributed by atoms with Crippen LogP contribution in [-0.4, -0.2) is 16.9 Å². The van der Waals surface area contributed by atoms with Crippen molar-refractivity contribution in [1.29, 1.82) is 0 Å². The van der Waals surface area contributed by atoms with Gasteiger partial charge in [-0.05, 0) is 102 Å². The molecule has 4 nitrogen and oxygen atoms in total.